The molecule has 1 heterocycles. The highest BCUT2D eigenvalue weighted by Crippen LogP contribution is 2.16. The predicted molar refractivity (Wildman–Crippen MR) is 108 cm³/mol. The van der Waals surface area contributed by atoms with Crippen molar-refractivity contribution in [1.29, 1.82) is 0 Å². The molecule has 9 heteroatoms. The van der Waals surface area contributed by atoms with Gasteiger partial charge in [-0.05, 0) is 61.4 Å². The molecule has 3 rings (SSSR count). The molecule has 1 saturated heterocycles. The van der Waals surface area contributed by atoms with Gasteiger partial charge in [-0.2, -0.15) is 0 Å². The molecule has 3 N–H and O–H groups in total. The molecule has 2 aromatic carbocycles. The Morgan fingerprint density at radius 1 is 1.00 bits per heavy atom. The van der Waals surface area contributed by atoms with Crippen LogP contribution in [0.5, 0.6) is 0 Å². The van der Waals surface area contributed by atoms with Crippen LogP contribution < -0.4 is 15.4 Å². The summed E-state index contributed by atoms with van der Waals surface area (Å²) in [6.45, 7) is 0.890. The second kappa shape index (κ2) is 9.17. The Morgan fingerprint density at radius 2 is 1.62 bits per heavy atom. The first-order valence-electron chi connectivity index (χ1n) is 9.24. The average Bonchev–Trinajstić information content (AvgIpc) is 3.26. The maximum Gasteiger partial charge on any atom is 0.255 e. The first-order valence-corrected chi connectivity index (χ1v) is 10.7. The summed E-state index contributed by atoms with van der Waals surface area (Å²) in [5.41, 5.74) is 1.33. The van der Waals surface area contributed by atoms with Gasteiger partial charge in [0.1, 0.15) is 0 Å². The number of hydrogen-bond acceptors (Lipinski definition) is 5. The van der Waals surface area contributed by atoms with E-state index in [1.54, 1.807) is 31.3 Å². The van der Waals surface area contributed by atoms with E-state index in [9.17, 15) is 18.0 Å². The monoisotopic (exact) mass is 417 g/mol. The fourth-order valence-corrected chi connectivity index (χ4v) is 4.00. The molecule has 1 aliphatic heterocycles. The molecule has 0 unspecified atom stereocenters. The van der Waals surface area contributed by atoms with E-state index >= 15 is 0 Å². The van der Waals surface area contributed by atoms with Crippen LogP contribution in [0.1, 0.15) is 33.6 Å². The molecule has 1 fully saturated rings. The zero-order valence-electron chi connectivity index (χ0n) is 16.0. The molecule has 0 aromatic heterocycles. The topological polar surface area (TPSA) is 114 Å². The van der Waals surface area contributed by atoms with Gasteiger partial charge < -0.3 is 15.4 Å². The van der Waals surface area contributed by atoms with E-state index < -0.39 is 10.0 Å². The SMILES string of the molecule is CNC(=O)c1ccc(NC(=O)c2ccc(S(=O)(=O)NC[C@@H]3CCCO3)cc2)cc1. The number of hydrogen-bond donors (Lipinski definition) is 3. The van der Waals surface area contributed by atoms with Gasteiger partial charge in [-0.25, -0.2) is 13.1 Å². The Bertz CT molecular complexity index is 966. The number of carbonyl (C=O) groups is 2. The second-order valence-electron chi connectivity index (χ2n) is 6.62. The van der Waals surface area contributed by atoms with Crippen LogP contribution in [0.15, 0.2) is 53.4 Å². The fourth-order valence-electron chi connectivity index (χ4n) is 2.93. The summed E-state index contributed by atoms with van der Waals surface area (Å²) in [4.78, 5) is 24.0. The van der Waals surface area contributed by atoms with Crippen molar-refractivity contribution < 1.29 is 22.7 Å². The van der Waals surface area contributed by atoms with Crippen molar-refractivity contribution in [1.82, 2.24) is 10.0 Å². The third-order valence-electron chi connectivity index (χ3n) is 4.58. The zero-order chi connectivity index (χ0) is 20.9. The lowest BCUT2D eigenvalue weighted by atomic mass is 10.1. The number of anilines is 1. The third kappa shape index (κ3) is 5.41. The van der Waals surface area contributed by atoms with Gasteiger partial charge in [0.25, 0.3) is 11.8 Å². The lowest BCUT2D eigenvalue weighted by Gasteiger charge is -2.12. The number of ether oxygens (including phenoxy) is 1. The molecule has 2 amide bonds. The number of nitrogens with one attached hydrogen (secondary N) is 3. The van der Waals surface area contributed by atoms with Crippen LogP contribution in [0.2, 0.25) is 0 Å². The third-order valence-corrected chi connectivity index (χ3v) is 6.02. The standard InChI is InChI=1S/C20H23N3O5S/c1-21-19(24)14-4-8-16(9-5-14)23-20(25)15-6-10-18(11-7-15)29(26,27)22-13-17-3-2-12-28-17/h4-11,17,22H,2-3,12-13H2,1H3,(H,21,24)(H,23,25)/t17-/m0/s1. The molecule has 8 nitrogen and oxygen atoms in total. The minimum absolute atomic E-state index is 0.0852. The van der Waals surface area contributed by atoms with Crippen LogP contribution in [0.3, 0.4) is 0 Å². The predicted octanol–water partition coefficient (Wildman–Crippen LogP) is 1.76. The number of benzene rings is 2. The molecule has 2 aromatic rings. The van der Waals surface area contributed by atoms with Crippen LogP contribution >= 0.6 is 0 Å². The molecule has 0 radical (unpaired) electrons. The molecule has 1 atom stereocenters. The van der Waals surface area contributed by atoms with Gasteiger partial charge in [0.15, 0.2) is 0 Å². The quantitative estimate of drug-likeness (QED) is 0.635. The van der Waals surface area contributed by atoms with Crippen molar-refractivity contribution in [3.05, 3.63) is 59.7 Å². The Balaban J connectivity index is 1.61. The first kappa shape index (κ1) is 21.0. The van der Waals surface area contributed by atoms with Crippen LogP contribution in [-0.4, -0.2) is 46.5 Å². The molecular formula is C20H23N3O5S. The van der Waals surface area contributed by atoms with E-state index in [-0.39, 0.29) is 29.4 Å². The number of sulfonamides is 1. The molecule has 1 aliphatic rings. The zero-order valence-corrected chi connectivity index (χ0v) is 16.8. The van der Waals surface area contributed by atoms with Crippen molar-refractivity contribution in [2.24, 2.45) is 0 Å². The maximum atomic E-state index is 12.4. The summed E-state index contributed by atoms with van der Waals surface area (Å²) in [6, 6.07) is 12.1. The smallest absolute Gasteiger partial charge is 0.255 e. The lowest BCUT2D eigenvalue weighted by molar-refractivity contribution is 0.0962. The molecule has 154 valence electrons. The summed E-state index contributed by atoms with van der Waals surface area (Å²) in [5, 5.41) is 5.23. The van der Waals surface area contributed by atoms with E-state index in [0.717, 1.165) is 12.8 Å². The van der Waals surface area contributed by atoms with Crippen molar-refractivity contribution in [2.45, 2.75) is 23.8 Å². The van der Waals surface area contributed by atoms with E-state index in [1.165, 1.54) is 24.3 Å². The highest BCUT2D eigenvalue weighted by atomic mass is 32.2. The second-order valence-corrected chi connectivity index (χ2v) is 8.39. The summed E-state index contributed by atoms with van der Waals surface area (Å²) in [6.07, 6.45) is 1.68. The van der Waals surface area contributed by atoms with Gasteiger partial charge in [-0.3, -0.25) is 9.59 Å². The maximum absolute atomic E-state index is 12.4. The van der Waals surface area contributed by atoms with Gasteiger partial charge in [-0.1, -0.05) is 0 Å². The number of carbonyl (C=O) groups excluding carboxylic acids is 2. The van der Waals surface area contributed by atoms with Crippen molar-refractivity contribution >= 4 is 27.5 Å². The minimum atomic E-state index is -3.66. The van der Waals surface area contributed by atoms with Crippen molar-refractivity contribution in [2.75, 3.05) is 25.5 Å². The van der Waals surface area contributed by atoms with Crippen molar-refractivity contribution in [3.63, 3.8) is 0 Å². The minimum Gasteiger partial charge on any atom is -0.377 e. The molecule has 29 heavy (non-hydrogen) atoms. The Morgan fingerprint density at radius 3 is 2.21 bits per heavy atom. The van der Waals surface area contributed by atoms with Crippen LogP contribution in [-0.2, 0) is 14.8 Å². The van der Waals surface area contributed by atoms with E-state index in [2.05, 4.69) is 15.4 Å². The normalized spacial score (nSPS) is 16.4. The van der Waals surface area contributed by atoms with Gasteiger partial charge in [0, 0.05) is 37.0 Å². The number of amides is 2. The Labute approximate surface area is 169 Å². The average molecular weight is 417 g/mol. The van der Waals surface area contributed by atoms with E-state index in [1.807, 2.05) is 0 Å². The van der Waals surface area contributed by atoms with Crippen LogP contribution in [0.4, 0.5) is 5.69 Å². The Hall–Kier alpha value is -2.75. The Kier molecular flexibility index (Phi) is 6.63. The first-order chi connectivity index (χ1) is 13.9. The number of rotatable bonds is 7. The highest BCUT2D eigenvalue weighted by Gasteiger charge is 2.20. The highest BCUT2D eigenvalue weighted by molar-refractivity contribution is 7.89. The molecule has 0 spiro atoms. The molecular weight excluding hydrogens is 394 g/mol. The summed E-state index contributed by atoms with van der Waals surface area (Å²) in [5.74, 6) is -0.596. The molecule has 0 bridgehead atoms. The van der Waals surface area contributed by atoms with Gasteiger partial charge in [0.2, 0.25) is 10.0 Å². The van der Waals surface area contributed by atoms with Gasteiger partial charge >= 0.3 is 0 Å². The molecule has 0 saturated carbocycles. The van der Waals surface area contributed by atoms with Crippen LogP contribution in [0.25, 0.3) is 0 Å². The largest absolute Gasteiger partial charge is 0.377 e. The fraction of sp³-hybridized carbons (Fsp3) is 0.300. The summed E-state index contributed by atoms with van der Waals surface area (Å²) >= 11 is 0. The summed E-state index contributed by atoms with van der Waals surface area (Å²) in [7, 11) is -2.12. The van der Waals surface area contributed by atoms with Gasteiger partial charge in [0.05, 0.1) is 11.0 Å². The summed E-state index contributed by atoms with van der Waals surface area (Å²) < 4.78 is 32.7. The van der Waals surface area contributed by atoms with Gasteiger partial charge in [-0.15, -0.1) is 0 Å². The van der Waals surface area contributed by atoms with E-state index in [0.29, 0.717) is 23.4 Å². The molecule has 0 aliphatic carbocycles. The van der Waals surface area contributed by atoms with Crippen LogP contribution in [0, 0.1) is 0 Å². The van der Waals surface area contributed by atoms with Crippen molar-refractivity contribution in [3.8, 4) is 0 Å². The lowest BCUT2D eigenvalue weighted by Crippen LogP contribution is -2.31. The van der Waals surface area contributed by atoms with E-state index in [4.69, 9.17) is 4.74 Å².